The summed E-state index contributed by atoms with van der Waals surface area (Å²) in [6.45, 7) is 1.92. The molecule has 7 heteroatoms. The molecule has 0 radical (unpaired) electrons. The fourth-order valence-corrected chi connectivity index (χ4v) is 6.01. The minimum Gasteiger partial charge on any atom is -0.366 e. The Balaban J connectivity index is 1.93. The van der Waals surface area contributed by atoms with E-state index in [4.69, 9.17) is 28.9 Å². The molecule has 1 aliphatic heterocycles. The number of rotatable bonds is 5. The van der Waals surface area contributed by atoms with Gasteiger partial charge in [-0.1, -0.05) is 71.7 Å². The van der Waals surface area contributed by atoms with Gasteiger partial charge in [-0.3, -0.25) is 4.79 Å². The van der Waals surface area contributed by atoms with Crippen molar-refractivity contribution in [1.82, 2.24) is 4.31 Å². The summed E-state index contributed by atoms with van der Waals surface area (Å²) < 4.78 is 16.0. The highest BCUT2D eigenvalue weighted by Gasteiger charge is 2.40. The summed E-state index contributed by atoms with van der Waals surface area (Å²) in [5.41, 5.74) is 8.79. The minimum absolute atomic E-state index is 0.264. The second kappa shape index (κ2) is 9.59. The number of nitrogens with zero attached hydrogens (tertiary/aromatic N) is 1. The first-order valence-corrected chi connectivity index (χ1v) is 12.0. The molecule has 0 bridgehead atoms. The maximum atomic E-state index is 14.1. The predicted molar refractivity (Wildman–Crippen MR) is 130 cm³/mol. The summed E-state index contributed by atoms with van der Waals surface area (Å²) in [5, 5.41) is 1.15. The fourth-order valence-electron chi connectivity index (χ4n) is 4.05. The number of halogens is 2. The molecule has 0 spiro atoms. The molecule has 164 valence electrons. The third kappa shape index (κ3) is 4.52. The van der Waals surface area contributed by atoms with Gasteiger partial charge in [0.1, 0.15) is 11.0 Å². The molecule has 0 aliphatic carbocycles. The molecule has 1 amide bonds. The number of hydrogen-bond donors (Lipinski definition) is 1. The first-order chi connectivity index (χ1) is 15.4. The Morgan fingerprint density at radius 3 is 2.34 bits per heavy atom. The molecule has 4 rings (SSSR count). The molecule has 0 saturated heterocycles. The number of aryl methyl sites for hydroxylation is 1. The highest BCUT2D eigenvalue weighted by molar-refractivity contribution is 7.82. The van der Waals surface area contributed by atoms with Crippen LogP contribution in [-0.2, 0) is 15.8 Å². The smallest absolute Gasteiger partial charge is 0.246 e. The fraction of sp³-hybridized carbons (Fsp3) is 0.160. The lowest BCUT2D eigenvalue weighted by atomic mass is 9.89. The van der Waals surface area contributed by atoms with E-state index in [1.165, 1.54) is 0 Å². The molecule has 2 N–H and O–H groups in total. The third-order valence-corrected chi connectivity index (χ3v) is 7.76. The minimum atomic E-state index is -1.58. The molecule has 3 aromatic carbocycles. The maximum Gasteiger partial charge on any atom is 0.246 e. The van der Waals surface area contributed by atoms with Gasteiger partial charge in [-0.25, -0.2) is 8.51 Å². The van der Waals surface area contributed by atoms with Crippen LogP contribution in [0.15, 0.2) is 89.3 Å². The van der Waals surface area contributed by atoms with E-state index in [2.05, 4.69) is 0 Å². The largest absolute Gasteiger partial charge is 0.366 e. The van der Waals surface area contributed by atoms with Crippen molar-refractivity contribution < 1.29 is 9.00 Å². The van der Waals surface area contributed by atoms with Gasteiger partial charge in [0.2, 0.25) is 5.91 Å². The molecule has 1 aliphatic rings. The zero-order chi connectivity index (χ0) is 22.8. The van der Waals surface area contributed by atoms with Gasteiger partial charge in [0.25, 0.3) is 0 Å². The summed E-state index contributed by atoms with van der Waals surface area (Å²) in [7, 11) is -1.58. The number of primary amides is 1. The Kier molecular flexibility index (Phi) is 6.82. The highest BCUT2D eigenvalue weighted by atomic mass is 35.5. The lowest BCUT2D eigenvalue weighted by Crippen LogP contribution is -2.41. The van der Waals surface area contributed by atoms with Crippen molar-refractivity contribution in [2.24, 2.45) is 5.73 Å². The second-order valence-electron chi connectivity index (χ2n) is 7.66. The van der Waals surface area contributed by atoms with E-state index in [1.54, 1.807) is 12.1 Å². The van der Waals surface area contributed by atoms with Crippen LogP contribution in [0.3, 0.4) is 0 Å². The first kappa shape index (κ1) is 22.7. The Morgan fingerprint density at radius 1 is 0.969 bits per heavy atom. The second-order valence-corrected chi connectivity index (χ2v) is 9.89. The van der Waals surface area contributed by atoms with Crippen molar-refractivity contribution in [3.63, 3.8) is 0 Å². The molecule has 3 atom stereocenters. The molecule has 0 saturated carbocycles. The van der Waals surface area contributed by atoms with Gasteiger partial charge in [0, 0.05) is 15.6 Å². The van der Waals surface area contributed by atoms with Gasteiger partial charge in [-0.2, -0.15) is 0 Å². The predicted octanol–water partition coefficient (Wildman–Crippen LogP) is 5.92. The monoisotopic (exact) mass is 484 g/mol. The topological polar surface area (TPSA) is 63.4 Å². The van der Waals surface area contributed by atoms with Gasteiger partial charge in [0.15, 0.2) is 0 Å². The summed E-state index contributed by atoms with van der Waals surface area (Å²) in [6.07, 6.45) is 2.33. The third-order valence-electron chi connectivity index (χ3n) is 5.59. The summed E-state index contributed by atoms with van der Waals surface area (Å²) in [5.74, 6) is -0.545. The first-order valence-electron chi connectivity index (χ1n) is 10.1. The SMILES string of the molecule is Cc1ccccc1S(=O)N1C(c2ccc(Cl)cc2)CC=C(C(N)=O)C1c1cccc(Cl)c1. The van der Waals surface area contributed by atoms with Crippen LogP contribution in [0.25, 0.3) is 0 Å². The van der Waals surface area contributed by atoms with E-state index < -0.39 is 22.9 Å². The summed E-state index contributed by atoms with van der Waals surface area (Å²) in [4.78, 5) is 13.1. The van der Waals surface area contributed by atoms with Crippen molar-refractivity contribution in [1.29, 1.82) is 0 Å². The van der Waals surface area contributed by atoms with Crippen LogP contribution in [-0.4, -0.2) is 14.4 Å². The molecule has 3 aromatic rings. The van der Waals surface area contributed by atoms with E-state index in [-0.39, 0.29) is 6.04 Å². The molecular weight excluding hydrogens is 463 g/mol. The van der Waals surface area contributed by atoms with Crippen molar-refractivity contribution in [3.8, 4) is 0 Å². The molecular formula is C25H22Cl2N2O2S. The van der Waals surface area contributed by atoms with Crippen molar-refractivity contribution in [3.05, 3.63) is 111 Å². The molecule has 3 unspecified atom stereocenters. The molecule has 0 fully saturated rings. The number of hydrogen-bond acceptors (Lipinski definition) is 2. The molecule has 0 aromatic heterocycles. The molecule has 1 heterocycles. The average molecular weight is 485 g/mol. The summed E-state index contributed by atoms with van der Waals surface area (Å²) >= 11 is 12.4. The number of amides is 1. The number of nitrogens with two attached hydrogens (primary N) is 1. The van der Waals surface area contributed by atoms with Crippen LogP contribution < -0.4 is 5.73 Å². The Hall–Kier alpha value is -2.44. The van der Waals surface area contributed by atoms with Crippen LogP contribution in [0, 0.1) is 6.92 Å². The summed E-state index contributed by atoms with van der Waals surface area (Å²) in [6, 6.07) is 21.4. The van der Waals surface area contributed by atoms with Gasteiger partial charge in [-0.05, 0) is 60.4 Å². The number of carbonyl (C=O) groups is 1. The van der Waals surface area contributed by atoms with Crippen LogP contribution in [0.5, 0.6) is 0 Å². The van der Waals surface area contributed by atoms with Crippen molar-refractivity contribution >= 4 is 40.1 Å². The Labute approximate surface area is 200 Å². The molecule has 32 heavy (non-hydrogen) atoms. The lowest BCUT2D eigenvalue weighted by molar-refractivity contribution is -0.115. The Bertz CT molecular complexity index is 1210. The standard InChI is InChI=1S/C25H22Cl2N2O2S/c1-16-5-2-3-8-23(16)32(31)29-22(17-9-11-19(26)12-10-17)14-13-21(25(28)30)24(29)18-6-4-7-20(27)15-18/h2-13,15,22,24H,14H2,1H3,(H2,28,30). The van der Waals surface area contributed by atoms with Crippen LogP contribution in [0.2, 0.25) is 10.0 Å². The van der Waals surface area contributed by atoms with Crippen LogP contribution in [0.1, 0.15) is 35.2 Å². The number of benzene rings is 3. The van der Waals surface area contributed by atoms with E-state index >= 15 is 0 Å². The van der Waals surface area contributed by atoms with Gasteiger partial charge in [0.05, 0.1) is 17.0 Å². The van der Waals surface area contributed by atoms with Crippen molar-refractivity contribution in [2.45, 2.75) is 30.3 Å². The number of carbonyl (C=O) groups excluding carboxylic acids is 1. The zero-order valence-electron chi connectivity index (χ0n) is 17.4. The zero-order valence-corrected chi connectivity index (χ0v) is 19.7. The lowest BCUT2D eigenvalue weighted by Gasteiger charge is -2.41. The van der Waals surface area contributed by atoms with Gasteiger partial charge in [-0.15, -0.1) is 0 Å². The van der Waals surface area contributed by atoms with Gasteiger partial charge >= 0.3 is 0 Å². The average Bonchev–Trinajstić information content (AvgIpc) is 2.78. The van der Waals surface area contributed by atoms with E-state index in [9.17, 15) is 9.00 Å². The maximum absolute atomic E-state index is 14.1. The Morgan fingerprint density at radius 2 is 1.69 bits per heavy atom. The highest BCUT2D eigenvalue weighted by Crippen LogP contribution is 2.45. The van der Waals surface area contributed by atoms with Gasteiger partial charge < -0.3 is 5.73 Å². The van der Waals surface area contributed by atoms with Crippen LogP contribution in [0.4, 0.5) is 0 Å². The molecule has 4 nitrogen and oxygen atoms in total. The van der Waals surface area contributed by atoms with E-state index in [1.807, 2.05) is 78.0 Å². The normalized spacial score (nSPS) is 19.9. The van der Waals surface area contributed by atoms with Crippen molar-refractivity contribution in [2.75, 3.05) is 0 Å². The van der Waals surface area contributed by atoms with Crippen LogP contribution >= 0.6 is 23.2 Å². The quantitative estimate of drug-likeness (QED) is 0.487. The van der Waals surface area contributed by atoms with E-state index in [0.717, 1.165) is 16.7 Å². The van der Waals surface area contributed by atoms with E-state index in [0.29, 0.717) is 26.9 Å².